The van der Waals surface area contributed by atoms with E-state index in [4.69, 9.17) is 16.2 Å². The Hall–Kier alpha value is -2.69. The summed E-state index contributed by atoms with van der Waals surface area (Å²) >= 11 is 0. The number of anilines is 3. The number of amides is 1. The van der Waals surface area contributed by atoms with Gasteiger partial charge in [0.05, 0.1) is 11.4 Å². The third kappa shape index (κ3) is 2.98. The maximum Gasteiger partial charge on any atom is 0.226 e. The number of carbonyl (C=O) groups is 1. The van der Waals surface area contributed by atoms with Gasteiger partial charge in [0.25, 0.3) is 0 Å². The van der Waals surface area contributed by atoms with Crippen LogP contribution in [0, 0.1) is 0 Å². The number of nitrogen functional groups attached to an aromatic ring is 2. The first kappa shape index (κ1) is 14.3. The molecule has 5 nitrogen and oxygen atoms in total. The zero-order chi connectivity index (χ0) is 15.5. The number of hydrogen-bond acceptors (Lipinski definition) is 4. The Kier molecular flexibility index (Phi) is 3.87. The van der Waals surface area contributed by atoms with Crippen molar-refractivity contribution in [3.63, 3.8) is 0 Å². The molecule has 0 spiro atoms. The fraction of sp³-hybridized carbons (Fsp3) is 0.235. The van der Waals surface area contributed by atoms with Crippen molar-refractivity contribution in [2.45, 2.75) is 19.3 Å². The minimum atomic E-state index is 0.186. The standard InChI is InChI=1S/C17H19N3O2/c18-15-9-8-14(11-16(15)19)22-13-6-4-12(5-7-13)20-10-2-1-3-17(20)21/h4-9,11H,1-3,10,18-19H2. The van der Waals surface area contributed by atoms with Crippen LogP contribution in [0.2, 0.25) is 0 Å². The smallest absolute Gasteiger partial charge is 0.226 e. The molecular weight excluding hydrogens is 278 g/mol. The first-order valence-electron chi connectivity index (χ1n) is 7.37. The van der Waals surface area contributed by atoms with E-state index < -0.39 is 0 Å². The van der Waals surface area contributed by atoms with E-state index in [-0.39, 0.29) is 5.91 Å². The van der Waals surface area contributed by atoms with Crippen LogP contribution in [0.4, 0.5) is 17.1 Å². The van der Waals surface area contributed by atoms with Gasteiger partial charge in [0.2, 0.25) is 5.91 Å². The average Bonchev–Trinajstić information content (AvgIpc) is 2.52. The molecule has 1 saturated heterocycles. The second-order valence-corrected chi connectivity index (χ2v) is 5.39. The fourth-order valence-electron chi connectivity index (χ4n) is 2.53. The van der Waals surface area contributed by atoms with E-state index in [1.165, 1.54) is 0 Å². The summed E-state index contributed by atoms with van der Waals surface area (Å²) in [4.78, 5) is 13.7. The number of rotatable bonds is 3. The normalized spacial score (nSPS) is 14.9. The summed E-state index contributed by atoms with van der Waals surface area (Å²) in [5.74, 6) is 1.51. The molecule has 0 bridgehead atoms. The number of hydrogen-bond donors (Lipinski definition) is 2. The van der Waals surface area contributed by atoms with Gasteiger partial charge in [-0.2, -0.15) is 0 Å². The second kappa shape index (κ2) is 5.97. The molecule has 0 aromatic heterocycles. The SMILES string of the molecule is Nc1ccc(Oc2ccc(N3CCCCC3=O)cc2)cc1N. The number of nitrogens with two attached hydrogens (primary N) is 2. The van der Waals surface area contributed by atoms with Crippen molar-refractivity contribution in [2.75, 3.05) is 22.9 Å². The summed E-state index contributed by atoms with van der Waals surface area (Å²) in [6, 6.07) is 12.7. The van der Waals surface area contributed by atoms with Crippen molar-refractivity contribution in [1.82, 2.24) is 0 Å². The minimum Gasteiger partial charge on any atom is -0.457 e. The number of carbonyl (C=O) groups excluding carboxylic acids is 1. The maximum atomic E-state index is 11.9. The maximum absolute atomic E-state index is 11.9. The first-order chi connectivity index (χ1) is 10.6. The quantitative estimate of drug-likeness (QED) is 0.853. The fourth-order valence-corrected chi connectivity index (χ4v) is 2.53. The van der Waals surface area contributed by atoms with Gasteiger partial charge in [-0.25, -0.2) is 0 Å². The van der Waals surface area contributed by atoms with Crippen molar-refractivity contribution >= 4 is 23.0 Å². The highest BCUT2D eigenvalue weighted by atomic mass is 16.5. The van der Waals surface area contributed by atoms with E-state index >= 15 is 0 Å². The van der Waals surface area contributed by atoms with Gasteiger partial charge in [0.15, 0.2) is 0 Å². The third-order valence-electron chi connectivity index (χ3n) is 3.77. The molecule has 2 aromatic carbocycles. The van der Waals surface area contributed by atoms with Crippen molar-refractivity contribution in [3.8, 4) is 11.5 Å². The van der Waals surface area contributed by atoms with Gasteiger partial charge in [0.1, 0.15) is 11.5 Å². The van der Waals surface area contributed by atoms with E-state index in [0.29, 0.717) is 29.3 Å². The van der Waals surface area contributed by atoms with Crippen LogP contribution >= 0.6 is 0 Å². The Labute approximate surface area is 129 Å². The Morgan fingerprint density at radius 3 is 2.32 bits per heavy atom. The van der Waals surface area contributed by atoms with Crippen LogP contribution in [0.25, 0.3) is 0 Å². The summed E-state index contributed by atoms with van der Waals surface area (Å²) in [6.07, 6.45) is 2.66. The molecule has 1 aliphatic rings. The average molecular weight is 297 g/mol. The van der Waals surface area contributed by atoms with Crippen molar-refractivity contribution in [1.29, 1.82) is 0 Å². The Morgan fingerprint density at radius 2 is 1.64 bits per heavy atom. The number of benzene rings is 2. The van der Waals surface area contributed by atoms with Gasteiger partial charge < -0.3 is 21.1 Å². The van der Waals surface area contributed by atoms with Crippen LogP contribution in [0.5, 0.6) is 11.5 Å². The van der Waals surface area contributed by atoms with Crippen molar-refractivity contribution < 1.29 is 9.53 Å². The molecule has 0 radical (unpaired) electrons. The van der Waals surface area contributed by atoms with Crippen LogP contribution in [-0.4, -0.2) is 12.5 Å². The molecule has 1 aliphatic heterocycles. The highest BCUT2D eigenvalue weighted by Crippen LogP contribution is 2.28. The van der Waals surface area contributed by atoms with Crippen LogP contribution in [0.1, 0.15) is 19.3 Å². The molecule has 3 rings (SSSR count). The largest absolute Gasteiger partial charge is 0.457 e. The van der Waals surface area contributed by atoms with E-state index in [1.807, 2.05) is 29.2 Å². The highest BCUT2D eigenvalue weighted by molar-refractivity contribution is 5.94. The lowest BCUT2D eigenvalue weighted by Gasteiger charge is -2.26. The molecule has 22 heavy (non-hydrogen) atoms. The second-order valence-electron chi connectivity index (χ2n) is 5.39. The van der Waals surface area contributed by atoms with E-state index in [9.17, 15) is 4.79 Å². The lowest BCUT2D eigenvalue weighted by molar-refractivity contribution is -0.119. The monoisotopic (exact) mass is 297 g/mol. The van der Waals surface area contributed by atoms with E-state index in [0.717, 1.165) is 25.1 Å². The molecular formula is C17H19N3O2. The summed E-state index contributed by atoms with van der Waals surface area (Å²) in [5, 5.41) is 0. The van der Waals surface area contributed by atoms with Crippen LogP contribution in [0.3, 0.4) is 0 Å². The number of ether oxygens (including phenoxy) is 1. The van der Waals surface area contributed by atoms with Gasteiger partial charge >= 0.3 is 0 Å². The lowest BCUT2D eigenvalue weighted by atomic mass is 10.1. The predicted octanol–water partition coefficient (Wildman–Crippen LogP) is 3.16. The van der Waals surface area contributed by atoms with Crippen LogP contribution in [-0.2, 0) is 4.79 Å². The zero-order valence-electron chi connectivity index (χ0n) is 12.3. The minimum absolute atomic E-state index is 0.186. The lowest BCUT2D eigenvalue weighted by Crippen LogP contribution is -2.35. The Morgan fingerprint density at radius 1 is 0.909 bits per heavy atom. The van der Waals surface area contributed by atoms with Gasteiger partial charge in [-0.1, -0.05) is 0 Å². The van der Waals surface area contributed by atoms with E-state index in [1.54, 1.807) is 18.2 Å². The Bertz CT molecular complexity index is 683. The van der Waals surface area contributed by atoms with Crippen molar-refractivity contribution in [3.05, 3.63) is 42.5 Å². The predicted molar refractivity (Wildman–Crippen MR) is 88.0 cm³/mol. The molecule has 0 saturated carbocycles. The molecule has 0 aliphatic carbocycles. The Balaban J connectivity index is 1.73. The molecule has 2 aromatic rings. The van der Waals surface area contributed by atoms with Crippen molar-refractivity contribution in [2.24, 2.45) is 0 Å². The van der Waals surface area contributed by atoms with E-state index in [2.05, 4.69) is 0 Å². The first-order valence-corrected chi connectivity index (χ1v) is 7.37. The molecule has 1 fully saturated rings. The summed E-state index contributed by atoms with van der Waals surface area (Å²) in [7, 11) is 0. The molecule has 5 heteroatoms. The highest BCUT2D eigenvalue weighted by Gasteiger charge is 2.19. The molecule has 114 valence electrons. The van der Waals surface area contributed by atoms with Gasteiger partial charge in [-0.15, -0.1) is 0 Å². The summed E-state index contributed by atoms with van der Waals surface area (Å²) in [6.45, 7) is 0.785. The zero-order valence-corrected chi connectivity index (χ0v) is 12.3. The molecule has 0 unspecified atom stereocenters. The molecule has 0 atom stereocenters. The summed E-state index contributed by atoms with van der Waals surface area (Å²) < 4.78 is 5.74. The van der Waals surface area contributed by atoms with Crippen LogP contribution in [0.15, 0.2) is 42.5 Å². The van der Waals surface area contributed by atoms with Crippen LogP contribution < -0.4 is 21.1 Å². The van der Waals surface area contributed by atoms with Gasteiger partial charge in [-0.05, 0) is 49.2 Å². The molecule has 1 amide bonds. The van der Waals surface area contributed by atoms with Gasteiger partial charge in [0, 0.05) is 24.7 Å². The molecule has 1 heterocycles. The topological polar surface area (TPSA) is 81.6 Å². The summed E-state index contributed by atoms with van der Waals surface area (Å²) in [5.41, 5.74) is 13.4. The van der Waals surface area contributed by atoms with Gasteiger partial charge in [-0.3, -0.25) is 4.79 Å². The third-order valence-corrected chi connectivity index (χ3v) is 3.77. The number of nitrogens with zero attached hydrogens (tertiary/aromatic N) is 1. The molecule has 4 N–H and O–H groups in total. The number of piperidine rings is 1.